The number of nitrogens with one attached hydrogen (secondary N) is 1. The maximum absolute atomic E-state index is 12.5. The first-order valence-electron chi connectivity index (χ1n) is 12.0. The summed E-state index contributed by atoms with van der Waals surface area (Å²) in [5.41, 5.74) is 4.91. The van der Waals surface area contributed by atoms with Crippen molar-refractivity contribution >= 4 is 23.4 Å². The molecule has 5 rings (SSSR count). The van der Waals surface area contributed by atoms with E-state index in [4.69, 9.17) is 9.26 Å². The fourth-order valence-electron chi connectivity index (χ4n) is 3.87. The topological polar surface area (TPSA) is 108 Å². The number of para-hydroxylation sites is 2. The number of methoxy groups -OCH3 is 1. The van der Waals surface area contributed by atoms with Crippen LogP contribution in [0.25, 0.3) is 17.1 Å². The normalized spacial score (nSPS) is 10.9. The first-order valence-corrected chi connectivity index (χ1v) is 13.0. The molecule has 0 aliphatic heterocycles. The number of carbonyl (C=O) groups is 1. The highest BCUT2D eigenvalue weighted by Crippen LogP contribution is 2.30. The number of hydrogen-bond acceptors (Lipinski definition) is 8. The van der Waals surface area contributed by atoms with Crippen LogP contribution in [0.3, 0.4) is 0 Å². The van der Waals surface area contributed by atoms with Gasteiger partial charge < -0.3 is 14.6 Å². The third-order valence-electron chi connectivity index (χ3n) is 5.95. The Kier molecular flexibility index (Phi) is 7.50. The molecule has 0 spiro atoms. The molecule has 0 saturated heterocycles. The highest BCUT2D eigenvalue weighted by molar-refractivity contribution is 7.98. The van der Waals surface area contributed by atoms with Crippen LogP contribution in [0, 0.1) is 13.8 Å². The van der Waals surface area contributed by atoms with Gasteiger partial charge in [-0.25, -0.2) is 0 Å². The van der Waals surface area contributed by atoms with Crippen LogP contribution in [0.1, 0.15) is 22.8 Å². The first-order chi connectivity index (χ1) is 18.5. The summed E-state index contributed by atoms with van der Waals surface area (Å²) in [5.74, 6) is 2.12. The lowest BCUT2D eigenvalue weighted by Crippen LogP contribution is -2.15. The van der Waals surface area contributed by atoms with Crippen molar-refractivity contribution in [2.75, 3.05) is 12.4 Å². The molecule has 1 amide bonds. The van der Waals surface area contributed by atoms with E-state index in [1.165, 1.54) is 22.9 Å². The zero-order chi connectivity index (χ0) is 26.5. The summed E-state index contributed by atoms with van der Waals surface area (Å²) < 4.78 is 12.7. The van der Waals surface area contributed by atoms with E-state index in [0.29, 0.717) is 34.1 Å². The Morgan fingerprint density at radius 3 is 2.58 bits per heavy atom. The number of hydrogen-bond donors (Lipinski definition) is 1. The van der Waals surface area contributed by atoms with E-state index in [2.05, 4.69) is 57.7 Å². The summed E-state index contributed by atoms with van der Waals surface area (Å²) in [6, 6.07) is 23.4. The van der Waals surface area contributed by atoms with Gasteiger partial charge in [0.1, 0.15) is 5.75 Å². The second-order valence-corrected chi connectivity index (χ2v) is 9.54. The molecule has 10 heteroatoms. The summed E-state index contributed by atoms with van der Waals surface area (Å²) in [6.45, 7) is 4.17. The van der Waals surface area contributed by atoms with Crippen molar-refractivity contribution in [3.63, 3.8) is 0 Å². The molecule has 0 radical (unpaired) electrons. The van der Waals surface area contributed by atoms with Crippen molar-refractivity contribution in [1.82, 2.24) is 24.9 Å². The van der Waals surface area contributed by atoms with E-state index in [9.17, 15) is 4.79 Å². The maximum Gasteiger partial charge on any atom is 0.237 e. The van der Waals surface area contributed by atoms with Gasteiger partial charge in [0.25, 0.3) is 0 Å². The van der Waals surface area contributed by atoms with Gasteiger partial charge in [0, 0.05) is 5.56 Å². The first kappa shape index (κ1) is 25.2. The van der Waals surface area contributed by atoms with E-state index in [1.54, 1.807) is 19.2 Å². The summed E-state index contributed by atoms with van der Waals surface area (Å²) in [4.78, 5) is 16.9. The third-order valence-corrected chi connectivity index (χ3v) is 6.86. The Labute approximate surface area is 224 Å². The molecule has 0 saturated carbocycles. The summed E-state index contributed by atoms with van der Waals surface area (Å²) in [7, 11) is 1.55. The molecule has 0 bridgehead atoms. The van der Waals surface area contributed by atoms with E-state index in [0.717, 1.165) is 17.1 Å². The molecule has 2 heterocycles. The number of anilines is 1. The van der Waals surface area contributed by atoms with Crippen molar-refractivity contribution in [2.45, 2.75) is 31.2 Å². The van der Waals surface area contributed by atoms with Gasteiger partial charge in [0.05, 0.1) is 30.7 Å². The molecule has 1 N–H and O–H groups in total. The predicted octanol–water partition coefficient (Wildman–Crippen LogP) is 5.42. The molecule has 192 valence electrons. The number of rotatable bonds is 9. The van der Waals surface area contributed by atoms with Gasteiger partial charge in [-0.05, 0) is 49.2 Å². The average Bonchev–Trinajstić information content (AvgIpc) is 3.56. The summed E-state index contributed by atoms with van der Waals surface area (Å²) >= 11 is 1.44. The Balaban J connectivity index is 1.32. The summed E-state index contributed by atoms with van der Waals surface area (Å²) in [6.07, 6.45) is -0.0246. The fourth-order valence-corrected chi connectivity index (χ4v) is 4.66. The quantitative estimate of drug-likeness (QED) is 0.254. The van der Waals surface area contributed by atoms with Crippen molar-refractivity contribution in [3.05, 3.63) is 95.6 Å². The minimum Gasteiger partial charge on any atom is -0.495 e. The van der Waals surface area contributed by atoms with E-state index in [-0.39, 0.29) is 12.3 Å². The molecule has 9 nitrogen and oxygen atoms in total. The van der Waals surface area contributed by atoms with Crippen LogP contribution in [-0.2, 0) is 17.0 Å². The molecule has 0 aliphatic carbocycles. The molecule has 0 unspecified atom stereocenters. The number of aryl methyl sites for hydroxylation is 2. The monoisotopic (exact) mass is 526 g/mol. The lowest BCUT2D eigenvalue weighted by atomic mass is 10.1. The number of amides is 1. The minimum atomic E-state index is -0.267. The number of carbonyl (C=O) groups excluding carboxylic acids is 1. The van der Waals surface area contributed by atoms with Crippen molar-refractivity contribution in [2.24, 2.45) is 0 Å². The second-order valence-electron chi connectivity index (χ2n) is 8.59. The Morgan fingerprint density at radius 1 is 1.00 bits per heavy atom. The molecule has 3 aromatic carbocycles. The average molecular weight is 527 g/mol. The van der Waals surface area contributed by atoms with Crippen LogP contribution < -0.4 is 10.1 Å². The molecule has 38 heavy (non-hydrogen) atoms. The number of aromatic nitrogens is 5. The maximum atomic E-state index is 12.5. The van der Waals surface area contributed by atoms with Crippen LogP contribution in [0.15, 0.2) is 82.5 Å². The highest BCUT2D eigenvalue weighted by atomic mass is 32.2. The standard InChI is InChI=1S/C28H26N6O3S/c1-18-13-14-21(15-19(18)2)34-27(20-9-5-4-6-10-20)31-32-28(34)38-17-26-30-24(33-37-26)16-25(35)29-22-11-7-8-12-23(22)36-3/h4-15H,16-17H2,1-3H3,(H,29,35). The smallest absolute Gasteiger partial charge is 0.237 e. The zero-order valence-corrected chi connectivity index (χ0v) is 22.0. The molecule has 5 aromatic rings. The second kappa shape index (κ2) is 11.3. The third kappa shape index (κ3) is 5.60. The molecular formula is C28H26N6O3S. The van der Waals surface area contributed by atoms with Gasteiger partial charge in [-0.2, -0.15) is 4.98 Å². The molecule has 0 atom stereocenters. The fraction of sp³-hybridized carbons (Fsp3) is 0.179. The Morgan fingerprint density at radius 2 is 1.79 bits per heavy atom. The lowest BCUT2D eigenvalue weighted by Gasteiger charge is -2.12. The number of benzene rings is 3. The molecule has 2 aromatic heterocycles. The van der Waals surface area contributed by atoms with E-state index >= 15 is 0 Å². The molecule has 0 aliphatic rings. The van der Waals surface area contributed by atoms with Gasteiger partial charge >= 0.3 is 0 Å². The number of ether oxygens (including phenoxy) is 1. The number of nitrogens with zero attached hydrogens (tertiary/aromatic N) is 5. The van der Waals surface area contributed by atoms with Gasteiger partial charge in [-0.15, -0.1) is 10.2 Å². The van der Waals surface area contributed by atoms with E-state index < -0.39 is 0 Å². The molecular weight excluding hydrogens is 500 g/mol. The van der Waals surface area contributed by atoms with Crippen LogP contribution in [-0.4, -0.2) is 37.9 Å². The van der Waals surface area contributed by atoms with Crippen LogP contribution in [0.4, 0.5) is 5.69 Å². The van der Waals surface area contributed by atoms with Crippen LogP contribution in [0.2, 0.25) is 0 Å². The van der Waals surface area contributed by atoms with Gasteiger partial charge in [0.15, 0.2) is 16.8 Å². The lowest BCUT2D eigenvalue weighted by molar-refractivity contribution is -0.115. The van der Waals surface area contributed by atoms with Gasteiger partial charge in [0.2, 0.25) is 11.8 Å². The van der Waals surface area contributed by atoms with Crippen molar-refractivity contribution in [3.8, 4) is 22.8 Å². The highest BCUT2D eigenvalue weighted by Gasteiger charge is 2.19. The van der Waals surface area contributed by atoms with Crippen LogP contribution >= 0.6 is 11.8 Å². The van der Waals surface area contributed by atoms with Gasteiger partial charge in [-0.3, -0.25) is 9.36 Å². The Bertz CT molecular complexity index is 1560. The number of thioether (sulfide) groups is 1. The largest absolute Gasteiger partial charge is 0.495 e. The van der Waals surface area contributed by atoms with E-state index in [1.807, 2.05) is 47.0 Å². The van der Waals surface area contributed by atoms with Gasteiger partial charge in [-0.1, -0.05) is 65.4 Å². The minimum absolute atomic E-state index is 0.0246. The van der Waals surface area contributed by atoms with Crippen molar-refractivity contribution in [1.29, 1.82) is 0 Å². The van der Waals surface area contributed by atoms with Crippen LogP contribution in [0.5, 0.6) is 5.75 Å². The van der Waals surface area contributed by atoms with Crippen molar-refractivity contribution < 1.29 is 14.1 Å². The summed E-state index contributed by atoms with van der Waals surface area (Å²) in [5, 5.41) is 16.4. The molecule has 0 fully saturated rings. The Hall–Kier alpha value is -4.44. The SMILES string of the molecule is COc1ccccc1NC(=O)Cc1noc(CSc2nnc(-c3ccccc3)n2-c2ccc(C)c(C)c2)n1. The predicted molar refractivity (Wildman–Crippen MR) is 145 cm³/mol. The zero-order valence-electron chi connectivity index (χ0n) is 21.2.